The van der Waals surface area contributed by atoms with Crippen molar-refractivity contribution in [2.24, 2.45) is 0 Å². The maximum Gasteiger partial charge on any atom is 0.257 e. The van der Waals surface area contributed by atoms with E-state index in [2.05, 4.69) is 4.98 Å². The monoisotopic (exact) mass is 267 g/mol. The number of hydrogen-bond acceptors (Lipinski definition) is 5. The Labute approximate surface area is 113 Å². The van der Waals surface area contributed by atoms with E-state index in [1.54, 1.807) is 31.4 Å². The highest BCUT2D eigenvalue weighted by Gasteiger charge is 2.17. The number of anilines is 1. The summed E-state index contributed by atoms with van der Waals surface area (Å²) in [6.07, 6.45) is 3.83. The van der Waals surface area contributed by atoms with Crippen LogP contribution in [0.4, 0.5) is 5.69 Å². The third-order valence-electron chi connectivity index (χ3n) is 2.71. The summed E-state index contributed by atoms with van der Waals surface area (Å²) in [6.45, 7) is 2.22. The molecule has 0 aliphatic rings. The van der Waals surface area contributed by atoms with E-state index in [4.69, 9.17) is 15.2 Å². The Morgan fingerprint density at radius 2 is 2.05 bits per heavy atom. The Morgan fingerprint density at radius 3 is 2.68 bits per heavy atom. The molecule has 6 nitrogen and oxygen atoms in total. The molecule has 6 heteroatoms. The number of nitrogens with zero attached hydrogens (tertiary/aromatic N) is 2. The summed E-state index contributed by atoms with van der Waals surface area (Å²) < 4.78 is 10.0. The maximum absolute atomic E-state index is 12.4. The van der Waals surface area contributed by atoms with Crippen LogP contribution in [-0.4, -0.2) is 56.3 Å². The number of methoxy groups -OCH3 is 2. The summed E-state index contributed by atoms with van der Waals surface area (Å²) in [5.74, 6) is -0.126. The molecule has 1 aromatic heterocycles. The number of hydrogen-bond donors (Lipinski definition) is 1. The highest BCUT2D eigenvalue weighted by atomic mass is 16.5. The van der Waals surface area contributed by atoms with Gasteiger partial charge >= 0.3 is 0 Å². The fourth-order valence-electron chi connectivity index (χ4n) is 1.67. The average Bonchev–Trinajstić information content (AvgIpc) is 2.42. The van der Waals surface area contributed by atoms with Crippen molar-refractivity contribution < 1.29 is 14.3 Å². The molecule has 0 aliphatic carbocycles. The lowest BCUT2D eigenvalue weighted by Crippen LogP contribution is -2.35. The van der Waals surface area contributed by atoms with Gasteiger partial charge in [0.1, 0.15) is 0 Å². The molecule has 0 aliphatic heterocycles. The molecule has 1 heterocycles. The van der Waals surface area contributed by atoms with Crippen LogP contribution in [0.2, 0.25) is 0 Å². The topological polar surface area (TPSA) is 77.7 Å². The largest absolute Gasteiger partial charge is 0.398 e. The lowest BCUT2D eigenvalue weighted by Gasteiger charge is -2.22. The van der Waals surface area contributed by atoms with Crippen LogP contribution in [0.15, 0.2) is 18.5 Å². The van der Waals surface area contributed by atoms with Gasteiger partial charge in [-0.05, 0) is 12.5 Å². The molecular weight excluding hydrogens is 246 g/mol. The van der Waals surface area contributed by atoms with Crippen molar-refractivity contribution in [3.8, 4) is 0 Å². The Bertz CT molecular complexity index is 398. The number of nitrogens with two attached hydrogens (primary N) is 1. The van der Waals surface area contributed by atoms with Gasteiger partial charge in [-0.2, -0.15) is 0 Å². The number of rotatable bonds is 8. The van der Waals surface area contributed by atoms with Crippen molar-refractivity contribution in [2.75, 3.05) is 46.3 Å². The van der Waals surface area contributed by atoms with Gasteiger partial charge in [0.25, 0.3) is 5.91 Å². The van der Waals surface area contributed by atoms with Crippen LogP contribution in [-0.2, 0) is 9.47 Å². The second kappa shape index (κ2) is 8.44. The zero-order chi connectivity index (χ0) is 14.1. The van der Waals surface area contributed by atoms with E-state index in [-0.39, 0.29) is 5.91 Å². The minimum absolute atomic E-state index is 0.126. The molecule has 1 rings (SSSR count). The maximum atomic E-state index is 12.4. The van der Waals surface area contributed by atoms with Crippen molar-refractivity contribution in [3.63, 3.8) is 0 Å². The van der Waals surface area contributed by atoms with E-state index in [1.165, 1.54) is 6.20 Å². The fraction of sp³-hybridized carbons (Fsp3) is 0.538. The summed E-state index contributed by atoms with van der Waals surface area (Å²) in [5.41, 5.74) is 6.67. The van der Waals surface area contributed by atoms with Gasteiger partial charge in [0.05, 0.1) is 12.2 Å². The van der Waals surface area contributed by atoms with Crippen molar-refractivity contribution >= 4 is 11.6 Å². The lowest BCUT2D eigenvalue weighted by atomic mass is 10.2. The first-order valence-electron chi connectivity index (χ1n) is 6.17. The highest BCUT2D eigenvalue weighted by molar-refractivity contribution is 5.98. The molecule has 0 unspecified atom stereocenters. The fourth-order valence-corrected chi connectivity index (χ4v) is 1.67. The standard InChI is InChI=1S/C13H21N3O3/c1-18-8-3-6-16(7-9-19-2)13(17)11-10-15-5-4-12(11)14/h4-5,10H,3,6-9H2,1-2H3,(H2,14,15). The van der Waals surface area contributed by atoms with Gasteiger partial charge in [0.2, 0.25) is 0 Å². The van der Waals surface area contributed by atoms with E-state index < -0.39 is 0 Å². The summed E-state index contributed by atoms with van der Waals surface area (Å²) >= 11 is 0. The van der Waals surface area contributed by atoms with Crippen LogP contribution in [0.3, 0.4) is 0 Å². The number of nitrogen functional groups attached to an aromatic ring is 1. The SMILES string of the molecule is COCCCN(CCOC)C(=O)c1cnccc1N. The van der Waals surface area contributed by atoms with Gasteiger partial charge in [0.15, 0.2) is 0 Å². The number of ether oxygens (including phenoxy) is 2. The lowest BCUT2D eigenvalue weighted by molar-refractivity contribution is 0.0675. The highest BCUT2D eigenvalue weighted by Crippen LogP contribution is 2.12. The molecule has 0 saturated carbocycles. The smallest absolute Gasteiger partial charge is 0.257 e. The van der Waals surface area contributed by atoms with Gasteiger partial charge in [-0.3, -0.25) is 9.78 Å². The van der Waals surface area contributed by atoms with Gasteiger partial charge in [-0.25, -0.2) is 0 Å². The van der Waals surface area contributed by atoms with E-state index >= 15 is 0 Å². The minimum atomic E-state index is -0.126. The predicted molar refractivity (Wildman–Crippen MR) is 72.9 cm³/mol. The van der Waals surface area contributed by atoms with Crippen LogP contribution in [0.1, 0.15) is 16.8 Å². The van der Waals surface area contributed by atoms with Crippen LogP contribution in [0.5, 0.6) is 0 Å². The molecule has 0 radical (unpaired) electrons. The molecule has 1 aromatic rings. The van der Waals surface area contributed by atoms with Crippen molar-refractivity contribution in [1.82, 2.24) is 9.88 Å². The van der Waals surface area contributed by atoms with Gasteiger partial charge < -0.3 is 20.1 Å². The first-order chi connectivity index (χ1) is 9.20. The van der Waals surface area contributed by atoms with Crippen LogP contribution < -0.4 is 5.73 Å². The van der Waals surface area contributed by atoms with E-state index in [9.17, 15) is 4.79 Å². The number of amides is 1. The molecule has 0 aromatic carbocycles. The molecular formula is C13H21N3O3. The predicted octanol–water partition coefficient (Wildman–Crippen LogP) is 0.789. The van der Waals surface area contributed by atoms with Gasteiger partial charge in [0, 0.05) is 52.0 Å². The number of carbonyl (C=O) groups is 1. The molecule has 0 saturated heterocycles. The molecule has 0 atom stereocenters. The Kier molecular flexibility index (Phi) is 6.84. The normalized spacial score (nSPS) is 10.4. The van der Waals surface area contributed by atoms with E-state index in [0.29, 0.717) is 37.6 Å². The second-order valence-electron chi connectivity index (χ2n) is 4.09. The quantitative estimate of drug-likeness (QED) is 0.705. The zero-order valence-corrected chi connectivity index (χ0v) is 11.5. The summed E-state index contributed by atoms with van der Waals surface area (Å²) in [7, 11) is 3.25. The number of carbonyl (C=O) groups excluding carboxylic acids is 1. The van der Waals surface area contributed by atoms with E-state index in [1.807, 2.05) is 0 Å². The zero-order valence-electron chi connectivity index (χ0n) is 11.5. The third-order valence-corrected chi connectivity index (χ3v) is 2.71. The molecule has 0 fully saturated rings. The Morgan fingerprint density at radius 1 is 1.32 bits per heavy atom. The number of pyridine rings is 1. The summed E-state index contributed by atoms with van der Waals surface area (Å²) in [5, 5.41) is 0. The molecule has 0 bridgehead atoms. The minimum Gasteiger partial charge on any atom is -0.398 e. The van der Waals surface area contributed by atoms with Crippen LogP contribution in [0, 0.1) is 0 Å². The second-order valence-corrected chi connectivity index (χ2v) is 4.09. The van der Waals surface area contributed by atoms with Crippen molar-refractivity contribution in [1.29, 1.82) is 0 Å². The first-order valence-corrected chi connectivity index (χ1v) is 6.17. The molecule has 106 valence electrons. The van der Waals surface area contributed by atoms with Gasteiger partial charge in [-0.1, -0.05) is 0 Å². The van der Waals surface area contributed by atoms with Crippen LogP contribution >= 0.6 is 0 Å². The average molecular weight is 267 g/mol. The van der Waals surface area contributed by atoms with E-state index in [0.717, 1.165) is 6.42 Å². The van der Waals surface area contributed by atoms with Crippen molar-refractivity contribution in [2.45, 2.75) is 6.42 Å². The Balaban J connectivity index is 2.72. The molecule has 0 spiro atoms. The van der Waals surface area contributed by atoms with Crippen LogP contribution in [0.25, 0.3) is 0 Å². The Hall–Kier alpha value is -1.66. The summed E-state index contributed by atoms with van der Waals surface area (Å²) in [4.78, 5) is 18.0. The first kappa shape index (κ1) is 15.4. The third kappa shape index (κ3) is 4.84. The molecule has 2 N–H and O–H groups in total. The van der Waals surface area contributed by atoms with Gasteiger partial charge in [-0.15, -0.1) is 0 Å². The summed E-state index contributed by atoms with van der Waals surface area (Å²) in [6, 6.07) is 1.62. The number of aromatic nitrogens is 1. The molecule has 1 amide bonds. The molecule has 19 heavy (non-hydrogen) atoms. The van der Waals surface area contributed by atoms with Crippen molar-refractivity contribution in [3.05, 3.63) is 24.0 Å².